The molecule has 4 heteroatoms. The van der Waals surface area contributed by atoms with Gasteiger partial charge in [-0.2, -0.15) is 0 Å². The number of piperidine rings is 1. The number of hydrogen-bond acceptors (Lipinski definition) is 4. The Labute approximate surface area is 89.7 Å². The minimum absolute atomic E-state index is 0.142. The molecule has 1 aliphatic rings. The average molecular weight is 207 g/mol. The molecular weight excluding hydrogens is 190 g/mol. The highest BCUT2D eigenvalue weighted by Gasteiger charge is 2.18. The van der Waals surface area contributed by atoms with Gasteiger partial charge in [0.15, 0.2) is 0 Å². The van der Waals surface area contributed by atoms with Crippen molar-refractivity contribution < 1.29 is 5.11 Å². The number of aliphatic hydroxyl groups excluding tert-OH is 1. The quantitative estimate of drug-likeness (QED) is 0.719. The van der Waals surface area contributed by atoms with Crippen molar-refractivity contribution in [2.24, 2.45) is 0 Å². The zero-order chi connectivity index (χ0) is 10.8. The molecule has 1 aromatic heterocycles. The summed E-state index contributed by atoms with van der Waals surface area (Å²) in [6.45, 7) is 3.66. The fourth-order valence-corrected chi connectivity index (χ4v) is 1.83. The number of aryl methyl sites for hydroxylation is 1. The summed E-state index contributed by atoms with van der Waals surface area (Å²) in [4.78, 5) is 6.63. The van der Waals surface area contributed by atoms with Crippen molar-refractivity contribution in [1.82, 2.24) is 4.98 Å². The summed E-state index contributed by atoms with van der Waals surface area (Å²) >= 11 is 0. The number of nitrogen functional groups attached to an aromatic ring is 1. The monoisotopic (exact) mass is 207 g/mol. The fraction of sp³-hybridized carbons (Fsp3) is 0.545. The molecule has 2 rings (SSSR count). The third-order valence-corrected chi connectivity index (χ3v) is 2.90. The van der Waals surface area contributed by atoms with E-state index < -0.39 is 0 Å². The van der Waals surface area contributed by atoms with Crippen LogP contribution in [0.5, 0.6) is 0 Å². The van der Waals surface area contributed by atoms with Crippen molar-refractivity contribution in [1.29, 1.82) is 0 Å². The van der Waals surface area contributed by atoms with Gasteiger partial charge in [-0.3, -0.25) is 0 Å². The van der Waals surface area contributed by atoms with Crippen molar-refractivity contribution in [2.75, 3.05) is 23.7 Å². The highest BCUT2D eigenvalue weighted by molar-refractivity contribution is 5.50. The molecule has 82 valence electrons. The van der Waals surface area contributed by atoms with Crippen LogP contribution in [0, 0.1) is 6.92 Å². The lowest BCUT2D eigenvalue weighted by Crippen LogP contribution is -2.36. The lowest BCUT2D eigenvalue weighted by atomic mass is 10.1. The largest absolute Gasteiger partial charge is 0.397 e. The van der Waals surface area contributed by atoms with E-state index in [0.717, 1.165) is 43.1 Å². The first-order valence-corrected chi connectivity index (χ1v) is 5.33. The maximum atomic E-state index is 9.41. The zero-order valence-electron chi connectivity index (χ0n) is 8.98. The van der Waals surface area contributed by atoms with Crippen LogP contribution in [0.2, 0.25) is 0 Å². The summed E-state index contributed by atoms with van der Waals surface area (Å²) in [5.41, 5.74) is 7.33. The smallest absolute Gasteiger partial charge is 0.128 e. The van der Waals surface area contributed by atoms with Crippen LogP contribution < -0.4 is 10.6 Å². The SMILES string of the molecule is Cc1nc(N2CCC(O)CC2)ccc1N. The van der Waals surface area contributed by atoms with Gasteiger partial charge in [-0.05, 0) is 31.9 Å². The van der Waals surface area contributed by atoms with Crippen molar-refractivity contribution in [3.8, 4) is 0 Å². The summed E-state index contributed by atoms with van der Waals surface area (Å²) in [6.07, 6.45) is 1.51. The minimum atomic E-state index is -0.142. The van der Waals surface area contributed by atoms with Gasteiger partial charge in [0, 0.05) is 13.1 Å². The Bertz CT molecular complexity index is 346. The van der Waals surface area contributed by atoms with Gasteiger partial charge in [-0.15, -0.1) is 0 Å². The van der Waals surface area contributed by atoms with Crippen LogP contribution in [0.1, 0.15) is 18.5 Å². The van der Waals surface area contributed by atoms with Crippen LogP contribution in [-0.2, 0) is 0 Å². The Balaban J connectivity index is 2.12. The van der Waals surface area contributed by atoms with Crippen LogP contribution >= 0.6 is 0 Å². The molecule has 3 N–H and O–H groups in total. The molecule has 0 amide bonds. The van der Waals surface area contributed by atoms with Gasteiger partial charge in [0.05, 0.1) is 17.5 Å². The topological polar surface area (TPSA) is 62.4 Å². The van der Waals surface area contributed by atoms with Gasteiger partial charge in [0.1, 0.15) is 5.82 Å². The zero-order valence-corrected chi connectivity index (χ0v) is 8.98. The number of rotatable bonds is 1. The second-order valence-corrected chi connectivity index (χ2v) is 4.06. The van der Waals surface area contributed by atoms with Crippen LogP contribution in [0.15, 0.2) is 12.1 Å². The van der Waals surface area contributed by atoms with Crippen LogP contribution in [0.3, 0.4) is 0 Å². The van der Waals surface area contributed by atoms with E-state index in [1.54, 1.807) is 0 Å². The van der Waals surface area contributed by atoms with E-state index in [-0.39, 0.29) is 6.10 Å². The normalized spacial score (nSPS) is 18.1. The van der Waals surface area contributed by atoms with E-state index in [1.807, 2.05) is 19.1 Å². The van der Waals surface area contributed by atoms with Crippen LogP contribution in [0.4, 0.5) is 11.5 Å². The molecule has 0 spiro atoms. The third-order valence-electron chi connectivity index (χ3n) is 2.90. The third kappa shape index (κ3) is 2.21. The molecule has 1 aromatic rings. The van der Waals surface area contributed by atoms with E-state index >= 15 is 0 Å². The molecule has 1 saturated heterocycles. The van der Waals surface area contributed by atoms with E-state index in [2.05, 4.69) is 9.88 Å². The highest BCUT2D eigenvalue weighted by atomic mass is 16.3. The van der Waals surface area contributed by atoms with Gasteiger partial charge in [-0.25, -0.2) is 4.98 Å². The Morgan fingerprint density at radius 1 is 1.40 bits per heavy atom. The first kappa shape index (κ1) is 10.2. The second-order valence-electron chi connectivity index (χ2n) is 4.06. The van der Waals surface area contributed by atoms with E-state index in [4.69, 9.17) is 5.73 Å². The molecule has 0 atom stereocenters. The average Bonchev–Trinajstić information content (AvgIpc) is 2.23. The van der Waals surface area contributed by atoms with E-state index in [0.29, 0.717) is 0 Å². The summed E-state index contributed by atoms with van der Waals surface area (Å²) in [5, 5.41) is 9.41. The molecule has 2 heterocycles. The Morgan fingerprint density at radius 2 is 2.07 bits per heavy atom. The number of aliphatic hydroxyl groups is 1. The molecule has 0 bridgehead atoms. The maximum absolute atomic E-state index is 9.41. The lowest BCUT2D eigenvalue weighted by molar-refractivity contribution is 0.145. The molecule has 0 aliphatic carbocycles. The number of nitrogens with two attached hydrogens (primary N) is 1. The van der Waals surface area contributed by atoms with Gasteiger partial charge < -0.3 is 15.7 Å². The first-order valence-electron chi connectivity index (χ1n) is 5.33. The van der Waals surface area contributed by atoms with Gasteiger partial charge in [0.2, 0.25) is 0 Å². The van der Waals surface area contributed by atoms with Crippen molar-refractivity contribution >= 4 is 11.5 Å². The minimum Gasteiger partial charge on any atom is -0.397 e. The van der Waals surface area contributed by atoms with Gasteiger partial charge >= 0.3 is 0 Å². The number of pyridine rings is 1. The number of nitrogens with zero attached hydrogens (tertiary/aromatic N) is 2. The van der Waals surface area contributed by atoms with E-state index in [9.17, 15) is 5.11 Å². The Morgan fingerprint density at radius 3 is 2.67 bits per heavy atom. The summed E-state index contributed by atoms with van der Waals surface area (Å²) < 4.78 is 0. The fourth-order valence-electron chi connectivity index (χ4n) is 1.83. The number of hydrogen-bond donors (Lipinski definition) is 2. The molecule has 4 nitrogen and oxygen atoms in total. The second kappa shape index (κ2) is 4.06. The van der Waals surface area contributed by atoms with Crippen LogP contribution in [0.25, 0.3) is 0 Å². The van der Waals surface area contributed by atoms with Gasteiger partial charge in [0.25, 0.3) is 0 Å². The predicted octanol–water partition coefficient (Wildman–Crippen LogP) is 0.933. The Kier molecular flexibility index (Phi) is 2.77. The number of aromatic nitrogens is 1. The highest BCUT2D eigenvalue weighted by Crippen LogP contribution is 2.20. The molecule has 1 fully saturated rings. The van der Waals surface area contributed by atoms with Crippen molar-refractivity contribution in [3.05, 3.63) is 17.8 Å². The molecule has 1 aliphatic heterocycles. The molecule has 0 unspecified atom stereocenters. The van der Waals surface area contributed by atoms with E-state index in [1.165, 1.54) is 0 Å². The predicted molar refractivity (Wildman–Crippen MR) is 60.8 cm³/mol. The maximum Gasteiger partial charge on any atom is 0.128 e. The molecule has 0 radical (unpaired) electrons. The van der Waals surface area contributed by atoms with Crippen LogP contribution in [-0.4, -0.2) is 29.3 Å². The summed E-state index contributed by atoms with van der Waals surface area (Å²) in [7, 11) is 0. The van der Waals surface area contributed by atoms with Crippen molar-refractivity contribution in [2.45, 2.75) is 25.9 Å². The summed E-state index contributed by atoms with van der Waals surface area (Å²) in [6, 6.07) is 3.84. The summed E-state index contributed by atoms with van der Waals surface area (Å²) in [5.74, 6) is 0.966. The molecular formula is C11H17N3O. The first-order chi connectivity index (χ1) is 7.16. The Hall–Kier alpha value is -1.29. The molecule has 0 saturated carbocycles. The standard InChI is InChI=1S/C11H17N3O/c1-8-10(12)2-3-11(13-8)14-6-4-9(15)5-7-14/h2-3,9,15H,4-7,12H2,1H3. The molecule has 15 heavy (non-hydrogen) atoms. The van der Waals surface area contributed by atoms with Gasteiger partial charge in [-0.1, -0.05) is 0 Å². The molecule has 0 aromatic carbocycles. The number of anilines is 2. The van der Waals surface area contributed by atoms with Crippen molar-refractivity contribution in [3.63, 3.8) is 0 Å². The lowest BCUT2D eigenvalue weighted by Gasteiger charge is -2.30.